The summed E-state index contributed by atoms with van der Waals surface area (Å²) < 4.78 is 39.3. The number of rotatable bonds is 4. The van der Waals surface area contributed by atoms with Crippen LogP contribution in [-0.2, 0) is 6.42 Å². The van der Waals surface area contributed by atoms with Crippen molar-refractivity contribution in [2.75, 3.05) is 0 Å². The van der Waals surface area contributed by atoms with E-state index in [2.05, 4.69) is 49.1 Å². The minimum absolute atomic E-state index is 0.135. The maximum absolute atomic E-state index is 13.2. The molecule has 28 heavy (non-hydrogen) atoms. The summed E-state index contributed by atoms with van der Waals surface area (Å²) >= 11 is 0. The van der Waals surface area contributed by atoms with E-state index >= 15 is 0 Å². The first kappa shape index (κ1) is 20.3. The zero-order valence-electron chi connectivity index (χ0n) is 16.2. The first-order valence-corrected chi connectivity index (χ1v) is 9.98. The lowest BCUT2D eigenvalue weighted by Crippen LogP contribution is -2.11. The number of aryl methyl sites for hydroxylation is 1. The zero-order valence-corrected chi connectivity index (χ0v) is 16.2. The van der Waals surface area contributed by atoms with Crippen molar-refractivity contribution in [3.63, 3.8) is 0 Å². The molecule has 3 heteroatoms. The van der Waals surface area contributed by atoms with Crippen LogP contribution in [0.4, 0.5) is 13.2 Å². The van der Waals surface area contributed by atoms with Gasteiger partial charge in [-0.05, 0) is 73.3 Å². The minimum Gasteiger partial charge on any atom is -0.204 e. The lowest BCUT2D eigenvalue weighted by atomic mass is 9.78. The number of halogens is 3. The van der Waals surface area contributed by atoms with Crippen LogP contribution in [-0.4, -0.2) is 0 Å². The highest BCUT2D eigenvalue weighted by Gasteiger charge is 2.20. The molecule has 0 atom stereocenters. The van der Waals surface area contributed by atoms with Crippen LogP contribution in [0.25, 0.3) is 0 Å². The molecule has 0 saturated heterocycles. The number of allylic oxidation sites excluding steroid dienone is 2. The molecule has 0 amide bonds. The third kappa shape index (κ3) is 5.29. The fourth-order valence-corrected chi connectivity index (χ4v) is 3.83. The smallest absolute Gasteiger partial charge is 0.194 e. The summed E-state index contributed by atoms with van der Waals surface area (Å²) in [5.74, 6) is 2.67. The lowest BCUT2D eigenvalue weighted by Gasteiger charge is -2.27. The zero-order chi connectivity index (χ0) is 19.9. The van der Waals surface area contributed by atoms with Gasteiger partial charge in [0, 0.05) is 5.56 Å². The van der Waals surface area contributed by atoms with Gasteiger partial charge in [-0.15, -0.1) is 0 Å². The van der Waals surface area contributed by atoms with E-state index in [1.54, 1.807) is 6.08 Å². The molecule has 0 heterocycles. The van der Waals surface area contributed by atoms with Crippen LogP contribution in [0.3, 0.4) is 0 Å². The molecular weight excluding hydrogens is 357 g/mol. The average Bonchev–Trinajstić information content (AvgIpc) is 2.71. The number of hydrogen-bond acceptors (Lipinski definition) is 0. The summed E-state index contributed by atoms with van der Waals surface area (Å²) in [6.07, 6.45) is 10.7. The van der Waals surface area contributed by atoms with E-state index in [0.29, 0.717) is 11.8 Å². The predicted octanol–water partition coefficient (Wildman–Crippen LogP) is 6.94. The van der Waals surface area contributed by atoms with E-state index in [0.717, 1.165) is 44.2 Å². The van der Waals surface area contributed by atoms with E-state index in [9.17, 15) is 13.2 Å². The van der Waals surface area contributed by atoms with Crippen LogP contribution in [0.2, 0.25) is 0 Å². The van der Waals surface area contributed by atoms with E-state index in [-0.39, 0.29) is 5.56 Å². The molecule has 1 fully saturated rings. The SMILES string of the molecule is CCCc1ccc([C@H]2CC[C@H](C=CC#Cc3cc(F)c(F)c(F)c3)CC2)cc1. The topological polar surface area (TPSA) is 0 Å². The van der Waals surface area contributed by atoms with Gasteiger partial charge in [-0.2, -0.15) is 0 Å². The van der Waals surface area contributed by atoms with Crippen molar-refractivity contribution in [3.05, 3.63) is 82.7 Å². The van der Waals surface area contributed by atoms with Crippen molar-refractivity contribution in [1.29, 1.82) is 0 Å². The molecule has 1 aliphatic carbocycles. The van der Waals surface area contributed by atoms with Gasteiger partial charge in [0.1, 0.15) is 0 Å². The molecule has 2 aromatic rings. The number of benzene rings is 2. The summed E-state index contributed by atoms with van der Waals surface area (Å²) in [5, 5.41) is 0. The maximum atomic E-state index is 13.2. The van der Waals surface area contributed by atoms with Crippen LogP contribution in [0.1, 0.15) is 61.6 Å². The van der Waals surface area contributed by atoms with Crippen molar-refractivity contribution >= 4 is 0 Å². The van der Waals surface area contributed by atoms with Crippen LogP contribution < -0.4 is 0 Å². The van der Waals surface area contributed by atoms with Gasteiger partial charge in [0.25, 0.3) is 0 Å². The molecule has 1 saturated carbocycles. The third-order valence-electron chi connectivity index (χ3n) is 5.41. The van der Waals surface area contributed by atoms with Crippen molar-refractivity contribution in [3.8, 4) is 11.8 Å². The highest BCUT2D eigenvalue weighted by molar-refractivity contribution is 5.38. The number of hydrogen-bond donors (Lipinski definition) is 0. The van der Waals surface area contributed by atoms with Crippen LogP contribution in [0.15, 0.2) is 48.6 Å². The Morgan fingerprint density at radius 1 is 0.964 bits per heavy atom. The van der Waals surface area contributed by atoms with Crippen molar-refractivity contribution in [2.45, 2.75) is 51.4 Å². The van der Waals surface area contributed by atoms with E-state index < -0.39 is 17.5 Å². The summed E-state index contributed by atoms with van der Waals surface area (Å²) in [6, 6.07) is 10.9. The van der Waals surface area contributed by atoms with Gasteiger partial charge in [-0.1, -0.05) is 55.5 Å². The second-order valence-corrected chi connectivity index (χ2v) is 7.49. The quantitative estimate of drug-likeness (QED) is 0.397. The molecule has 0 aromatic heterocycles. The molecule has 146 valence electrons. The average molecular weight is 382 g/mol. The molecule has 0 aliphatic heterocycles. The first-order valence-electron chi connectivity index (χ1n) is 9.98. The molecular formula is C25H25F3. The normalized spacial score (nSPS) is 19.4. The molecule has 3 rings (SSSR count). The van der Waals surface area contributed by atoms with Gasteiger partial charge in [0.2, 0.25) is 0 Å². The highest BCUT2D eigenvalue weighted by atomic mass is 19.2. The molecule has 0 radical (unpaired) electrons. The van der Waals surface area contributed by atoms with Gasteiger partial charge >= 0.3 is 0 Å². The van der Waals surface area contributed by atoms with Crippen LogP contribution in [0.5, 0.6) is 0 Å². The Morgan fingerprint density at radius 3 is 2.21 bits per heavy atom. The highest BCUT2D eigenvalue weighted by Crippen LogP contribution is 2.36. The van der Waals surface area contributed by atoms with Gasteiger partial charge in [-0.25, -0.2) is 13.2 Å². The molecule has 0 bridgehead atoms. The van der Waals surface area contributed by atoms with Gasteiger partial charge in [0.15, 0.2) is 17.5 Å². The molecule has 0 nitrogen and oxygen atoms in total. The predicted molar refractivity (Wildman–Crippen MR) is 107 cm³/mol. The Bertz CT molecular complexity index is 853. The molecule has 2 aromatic carbocycles. The minimum atomic E-state index is -1.46. The van der Waals surface area contributed by atoms with E-state index in [1.165, 1.54) is 17.5 Å². The molecule has 0 unspecified atom stereocenters. The van der Waals surface area contributed by atoms with Crippen LogP contribution in [0, 0.1) is 35.2 Å². The molecule has 0 spiro atoms. The molecule has 0 N–H and O–H groups in total. The maximum Gasteiger partial charge on any atom is 0.194 e. The second-order valence-electron chi connectivity index (χ2n) is 7.49. The molecule has 1 aliphatic rings. The standard InChI is InChI=1S/C25H25F3/c1-2-5-18-8-12-21(13-9-18)22-14-10-19(11-15-22)6-3-4-7-20-16-23(26)25(28)24(27)17-20/h3,6,8-9,12-13,16-17,19,22H,2,5,10-11,14-15H2,1H3/t19-,22-. The third-order valence-corrected chi connectivity index (χ3v) is 5.41. The van der Waals surface area contributed by atoms with Crippen molar-refractivity contribution in [2.24, 2.45) is 5.92 Å². The van der Waals surface area contributed by atoms with E-state index in [1.807, 2.05) is 0 Å². The van der Waals surface area contributed by atoms with Gasteiger partial charge in [0.05, 0.1) is 0 Å². The summed E-state index contributed by atoms with van der Waals surface area (Å²) in [5.41, 5.74) is 2.97. The fourth-order valence-electron chi connectivity index (χ4n) is 3.83. The first-order chi connectivity index (χ1) is 13.6. The summed E-state index contributed by atoms with van der Waals surface area (Å²) in [4.78, 5) is 0. The van der Waals surface area contributed by atoms with E-state index in [4.69, 9.17) is 0 Å². The Balaban J connectivity index is 1.52. The Morgan fingerprint density at radius 2 is 1.61 bits per heavy atom. The van der Waals surface area contributed by atoms with Gasteiger partial charge < -0.3 is 0 Å². The summed E-state index contributed by atoms with van der Waals surface area (Å²) in [7, 11) is 0. The second kappa shape index (κ2) is 9.64. The van der Waals surface area contributed by atoms with Crippen molar-refractivity contribution in [1.82, 2.24) is 0 Å². The largest absolute Gasteiger partial charge is 0.204 e. The lowest BCUT2D eigenvalue weighted by molar-refractivity contribution is 0.376. The Labute approximate surface area is 165 Å². The van der Waals surface area contributed by atoms with Crippen molar-refractivity contribution < 1.29 is 13.2 Å². The van der Waals surface area contributed by atoms with Crippen LogP contribution >= 0.6 is 0 Å². The Hall–Kier alpha value is -2.47. The fraction of sp³-hybridized carbons (Fsp3) is 0.360. The monoisotopic (exact) mass is 382 g/mol. The van der Waals surface area contributed by atoms with Gasteiger partial charge in [-0.3, -0.25) is 0 Å². The Kier molecular flexibility index (Phi) is 6.98. The summed E-state index contributed by atoms with van der Waals surface area (Å²) in [6.45, 7) is 2.20.